The molecule has 0 bridgehead atoms. The van der Waals surface area contributed by atoms with E-state index in [9.17, 15) is 0 Å². The van der Waals surface area contributed by atoms with E-state index in [-0.39, 0.29) is 12.4 Å². The van der Waals surface area contributed by atoms with Crippen LogP contribution in [0, 0.1) is 6.92 Å². The van der Waals surface area contributed by atoms with Crippen LogP contribution in [0.3, 0.4) is 0 Å². The summed E-state index contributed by atoms with van der Waals surface area (Å²) in [5.41, 5.74) is 0.857. The van der Waals surface area contributed by atoms with Crippen LogP contribution in [0.5, 0.6) is 0 Å². The SMILES string of the molecule is Cc1nc(C2OCC(CCl)O2)cs1. The Kier molecular flexibility index (Phi) is 2.83. The van der Waals surface area contributed by atoms with Crippen LogP contribution < -0.4 is 0 Å². The summed E-state index contributed by atoms with van der Waals surface area (Å²) >= 11 is 7.24. The molecule has 0 spiro atoms. The van der Waals surface area contributed by atoms with Gasteiger partial charge in [0.1, 0.15) is 5.69 Å². The van der Waals surface area contributed by atoms with E-state index in [1.54, 1.807) is 11.3 Å². The van der Waals surface area contributed by atoms with Gasteiger partial charge in [-0.3, -0.25) is 0 Å². The van der Waals surface area contributed by atoms with Gasteiger partial charge in [-0.05, 0) is 6.92 Å². The predicted molar refractivity (Wildman–Crippen MR) is 51.1 cm³/mol. The van der Waals surface area contributed by atoms with E-state index < -0.39 is 0 Å². The summed E-state index contributed by atoms with van der Waals surface area (Å²) in [7, 11) is 0. The number of nitrogens with zero attached hydrogens (tertiary/aromatic N) is 1. The fraction of sp³-hybridized carbons (Fsp3) is 0.625. The van der Waals surface area contributed by atoms with Crippen LogP contribution in [0.15, 0.2) is 5.38 Å². The first-order valence-corrected chi connectivity index (χ1v) is 5.46. The standard InChI is InChI=1S/C8H10ClNO2S/c1-5-10-7(4-13-5)8-11-3-6(2-9)12-8/h4,6,8H,2-3H2,1H3. The van der Waals surface area contributed by atoms with Gasteiger partial charge in [0.2, 0.25) is 6.29 Å². The molecule has 1 saturated heterocycles. The second-order valence-corrected chi connectivity index (χ2v) is 4.24. The fourth-order valence-electron chi connectivity index (χ4n) is 1.17. The lowest BCUT2D eigenvalue weighted by Gasteiger charge is -2.06. The van der Waals surface area contributed by atoms with Crippen LogP contribution in [0.25, 0.3) is 0 Å². The summed E-state index contributed by atoms with van der Waals surface area (Å²) in [4.78, 5) is 4.29. The highest BCUT2D eigenvalue weighted by atomic mass is 35.5. The number of aryl methyl sites for hydroxylation is 1. The minimum atomic E-state index is -0.311. The van der Waals surface area contributed by atoms with Gasteiger partial charge < -0.3 is 9.47 Å². The number of aromatic nitrogens is 1. The maximum absolute atomic E-state index is 5.64. The maximum atomic E-state index is 5.64. The molecule has 1 aromatic heterocycles. The van der Waals surface area contributed by atoms with Crippen molar-refractivity contribution >= 4 is 22.9 Å². The summed E-state index contributed by atoms with van der Waals surface area (Å²) in [5.74, 6) is 0.472. The predicted octanol–water partition coefficient (Wildman–Crippen LogP) is 2.10. The number of hydrogen-bond donors (Lipinski definition) is 0. The Morgan fingerprint density at radius 1 is 1.77 bits per heavy atom. The Morgan fingerprint density at radius 2 is 2.62 bits per heavy atom. The topological polar surface area (TPSA) is 31.4 Å². The molecule has 1 aromatic rings. The Bertz CT molecular complexity index is 291. The van der Waals surface area contributed by atoms with Gasteiger partial charge in [0.15, 0.2) is 0 Å². The molecule has 1 aliphatic rings. The van der Waals surface area contributed by atoms with Crippen LogP contribution in [0.1, 0.15) is 17.0 Å². The Balaban J connectivity index is 2.03. The molecule has 0 aromatic carbocycles. The number of halogens is 1. The zero-order valence-corrected chi connectivity index (χ0v) is 8.77. The first-order chi connectivity index (χ1) is 6.29. The lowest BCUT2D eigenvalue weighted by molar-refractivity contribution is -0.0593. The van der Waals surface area contributed by atoms with Gasteiger partial charge in [-0.1, -0.05) is 0 Å². The monoisotopic (exact) mass is 219 g/mol. The Morgan fingerprint density at radius 3 is 3.15 bits per heavy atom. The van der Waals surface area contributed by atoms with E-state index in [0.717, 1.165) is 10.7 Å². The first kappa shape index (κ1) is 9.40. The third-order valence-electron chi connectivity index (χ3n) is 1.80. The highest BCUT2D eigenvalue weighted by Crippen LogP contribution is 2.27. The van der Waals surface area contributed by atoms with E-state index in [1.165, 1.54) is 0 Å². The summed E-state index contributed by atoms with van der Waals surface area (Å²) in [6, 6.07) is 0. The van der Waals surface area contributed by atoms with Crippen LogP contribution >= 0.6 is 22.9 Å². The number of hydrogen-bond acceptors (Lipinski definition) is 4. The lowest BCUT2D eigenvalue weighted by Crippen LogP contribution is -2.10. The molecule has 0 N–H and O–H groups in total. The lowest BCUT2D eigenvalue weighted by atomic mass is 10.4. The molecule has 1 aliphatic heterocycles. The third-order valence-corrected chi connectivity index (χ3v) is 2.94. The molecule has 0 saturated carbocycles. The molecule has 0 amide bonds. The molecular formula is C8H10ClNO2S. The van der Waals surface area contributed by atoms with E-state index in [4.69, 9.17) is 21.1 Å². The van der Waals surface area contributed by atoms with Gasteiger partial charge in [-0.15, -0.1) is 22.9 Å². The normalized spacial score (nSPS) is 28.2. The molecule has 1 fully saturated rings. The van der Waals surface area contributed by atoms with Crippen molar-refractivity contribution in [2.45, 2.75) is 19.3 Å². The number of thiazole rings is 1. The van der Waals surface area contributed by atoms with Crippen molar-refractivity contribution in [3.8, 4) is 0 Å². The Labute approximate surface area is 85.6 Å². The maximum Gasteiger partial charge on any atom is 0.202 e. The van der Waals surface area contributed by atoms with Crippen LogP contribution in [0.2, 0.25) is 0 Å². The zero-order chi connectivity index (χ0) is 9.26. The molecule has 13 heavy (non-hydrogen) atoms. The van der Waals surface area contributed by atoms with Gasteiger partial charge in [0.25, 0.3) is 0 Å². The molecule has 0 aliphatic carbocycles. The quantitative estimate of drug-likeness (QED) is 0.714. The molecular weight excluding hydrogens is 210 g/mol. The molecule has 0 radical (unpaired) electrons. The van der Waals surface area contributed by atoms with Crippen LogP contribution in [-0.4, -0.2) is 23.6 Å². The fourth-order valence-corrected chi connectivity index (χ4v) is 1.95. The van der Waals surface area contributed by atoms with Crippen LogP contribution in [0.4, 0.5) is 0 Å². The number of ether oxygens (including phenoxy) is 2. The molecule has 3 nitrogen and oxygen atoms in total. The van der Waals surface area contributed by atoms with Crippen molar-refractivity contribution in [1.29, 1.82) is 0 Å². The average molecular weight is 220 g/mol. The van der Waals surface area contributed by atoms with Crippen molar-refractivity contribution in [2.75, 3.05) is 12.5 Å². The smallest absolute Gasteiger partial charge is 0.202 e. The highest BCUT2D eigenvalue weighted by molar-refractivity contribution is 7.09. The summed E-state index contributed by atoms with van der Waals surface area (Å²) in [5, 5.41) is 2.98. The van der Waals surface area contributed by atoms with Crippen molar-refractivity contribution in [3.63, 3.8) is 0 Å². The molecule has 2 heterocycles. The molecule has 5 heteroatoms. The van der Waals surface area contributed by atoms with Gasteiger partial charge in [0, 0.05) is 5.38 Å². The Hall–Kier alpha value is -0.160. The van der Waals surface area contributed by atoms with Gasteiger partial charge in [0.05, 0.1) is 23.6 Å². The number of rotatable bonds is 2. The summed E-state index contributed by atoms with van der Waals surface area (Å²) in [6.07, 6.45) is -0.303. The largest absolute Gasteiger partial charge is 0.344 e. The molecule has 72 valence electrons. The molecule has 2 atom stereocenters. The second kappa shape index (κ2) is 3.92. The van der Waals surface area contributed by atoms with E-state index in [0.29, 0.717) is 12.5 Å². The van der Waals surface area contributed by atoms with Gasteiger partial charge in [-0.2, -0.15) is 0 Å². The van der Waals surface area contributed by atoms with Crippen molar-refractivity contribution < 1.29 is 9.47 Å². The highest BCUT2D eigenvalue weighted by Gasteiger charge is 2.28. The number of alkyl halides is 1. The molecule has 2 unspecified atom stereocenters. The molecule has 2 rings (SSSR count). The van der Waals surface area contributed by atoms with E-state index in [1.807, 2.05) is 12.3 Å². The second-order valence-electron chi connectivity index (χ2n) is 2.87. The summed E-state index contributed by atoms with van der Waals surface area (Å²) in [6.45, 7) is 2.52. The zero-order valence-electron chi connectivity index (χ0n) is 7.20. The van der Waals surface area contributed by atoms with E-state index >= 15 is 0 Å². The van der Waals surface area contributed by atoms with Gasteiger partial charge >= 0.3 is 0 Å². The van der Waals surface area contributed by atoms with Crippen molar-refractivity contribution in [1.82, 2.24) is 4.98 Å². The first-order valence-electron chi connectivity index (χ1n) is 4.04. The minimum absolute atomic E-state index is 0.00803. The summed E-state index contributed by atoms with van der Waals surface area (Å²) < 4.78 is 10.9. The minimum Gasteiger partial charge on any atom is -0.344 e. The van der Waals surface area contributed by atoms with Crippen molar-refractivity contribution in [3.05, 3.63) is 16.1 Å². The van der Waals surface area contributed by atoms with Crippen LogP contribution in [-0.2, 0) is 9.47 Å². The van der Waals surface area contributed by atoms with E-state index in [2.05, 4.69) is 4.98 Å². The van der Waals surface area contributed by atoms with Crippen molar-refractivity contribution in [2.24, 2.45) is 0 Å². The average Bonchev–Trinajstić information content (AvgIpc) is 2.71. The third kappa shape index (κ3) is 2.02. The van der Waals surface area contributed by atoms with Gasteiger partial charge in [-0.25, -0.2) is 4.98 Å².